The molecule has 0 atom stereocenters. The predicted octanol–water partition coefficient (Wildman–Crippen LogP) is 4.32. The number of hydrogen-bond acceptors (Lipinski definition) is 5. The molecule has 0 saturated carbocycles. The zero-order chi connectivity index (χ0) is 20.3. The van der Waals surface area contributed by atoms with Gasteiger partial charge in [0.1, 0.15) is 0 Å². The van der Waals surface area contributed by atoms with Crippen molar-refractivity contribution >= 4 is 57.8 Å². The Morgan fingerprint density at radius 3 is 2.14 bits per heavy atom. The molecule has 1 fully saturated rings. The highest BCUT2D eigenvalue weighted by Gasteiger charge is 2.20. The first kappa shape index (κ1) is 20.7. The van der Waals surface area contributed by atoms with E-state index >= 15 is 0 Å². The second-order valence-electron chi connectivity index (χ2n) is 6.33. The molecule has 0 aromatic heterocycles. The number of amides is 1. The van der Waals surface area contributed by atoms with Crippen LogP contribution in [0.15, 0.2) is 36.4 Å². The van der Waals surface area contributed by atoms with Gasteiger partial charge in [0.2, 0.25) is 5.91 Å². The summed E-state index contributed by atoms with van der Waals surface area (Å²) in [6.07, 6.45) is 0. The van der Waals surface area contributed by atoms with Crippen LogP contribution in [0.2, 0.25) is 15.1 Å². The summed E-state index contributed by atoms with van der Waals surface area (Å²) in [6, 6.07) is 9.51. The van der Waals surface area contributed by atoms with Gasteiger partial charge in [-0.1, -0.05) is 34.8 Å². The summed E-state index contributed by atoms with van der Waals surface area (Å²) >= 11 is 18.1. The quantitative estimate of drug-likeness (QED) is 0.550. The summed E-state index contributed by atoms with van der Waals surface area (Å²) in [4.78, 5) is 26.8. The fourth-order valence-corrected chi connectivity index (χ4v) is 3.90. The molecule has 7 nitrogen and oxygen atoms in total. The van der Waals surface area contributed by atoms with E-state index in [4.69, 9.17) is 34.8 Å². The zero-order valence-corrected chi connectivity index (χ0v) is 17.0. The summed E-state index contributed by atoms with van der Waals surface area (Å²) in [5, 5.41) is 14.5. The number of nitro groups is 1. The van der Waals surface area contributed by atoms with E-state index < -0.39 is 4.92 Å². The van der Waals surface area contributed by atoms with Crippen LogP contribution in [-0.2, 0) is 4.79 Å². The number of hydrogen-bond donors (Lipinski definition) is 1. The predicted molar refractivity (Wildman–Crippen MR) is 112 cm³/mol. The number of carbonyl (C=O) groups is 1. The van der Waals surface area contributed by atoms with Crippen LogP contribution >= 0.6 is 34.8 Å². The maximum atomic E-state index is 12.3. The lowest BCUT2D eigenvalue weighted by Crippen LogP contribution is -2.48. The van der Waals surface area contributed by atoms with Crippen molar-refractivity contribution < 1.29 is 9.72 Å². The minimum absolute atomic E-state index is 0.0681. The van der Waals surface area contributed by atoms with E-state index in [1.807, 2.05) is 4.90 Å². The van der Waals surface area contributed by atoms with E-state index in [1.165, 1.54) is 24.3 Å². The Morgan fingerprint density at radius 1 is 1.04 bits per heavy atom. The number of piperazine rings is 1. The van der Waals surface area contributed by atoms with E-state index in [9.17, 15) is 14.9 Å². The van der Waals surface area contributed by atoms with Crippen molar-refractivity contribution in [2.45, 2.75) is 0 Å². The maximum Gasteiger partial charge on any atom is 0.269 e. The molecule has 1 saturated heterocycles. The zero-order valence-electron chi connectivity index (χ0n) is 14.7. The SMILES string of the molecule is O=C(CN1CCN(c2ccc([N+](=O)[O-])cc2)CC1)Nc1c(Cl)cc(Cl)cc1Cl. The van der Waals surface area contributed by atoms with Gasteiger partial charge in [0.25, 0.3) is 5.69 Å². The smallest absolute Gasteiger partial charge is 0.269 e. The van der Waals surface area contributed by atoms with Gasteiger partial charge in [-0.05, 0) is 24.3 Å². The Morgan fingerprint density at radius 2 is 1.61 bits per heavy atom. The number of benzene rings is 2. The van der Waals surface area contributed by atoms with Gasteiger partial charge in [-0.3, -0.25) is 19.8 Å². The van der Waals surface area contributed by atoms with Gasteiger partial charge >= 0.3 is 0 Å². The average Bonchev–Trinajstić information content (AvgIpc) is 2.65. The monoisotopic (exact) mass is 442 g/mol. The lowest BCUT2D eigenvalue weighted by molar-refractivity contribution is -0.384. The van der Waals surface area contributed by atoms with Crippen LogP contribution in [0.3, 0.4) is 0 Å². The van der Waals surface area contributed by atoms with Crippen molar-refractivity contribution in [3.8, 4) is 0 Å². The van der Waals surface area contributed by atoms with Crippen molar-refractivity contribution in [2.24, 2.45) is 0 Å². The van der Waals surface area contributed by atoms with Gasteiger partial charge in [0, 0.05) is 49.0 Å². The Hall–Kier alpha value is -2.06. The van der Waals surface area contributed by atoms with Crippen LogP contribution < -0.4 is 10.2 Å². The summed E-state index contributed by atoms with van der Waals surface area (Å²) in [7, 11) is 0. The second kappa shape index (κ2) is 8.96. The molecule has 1 aliphatic heterocycles. The third-order valence-electron chi connectivity index (χ3n) is 4.44. The first-order chi connectivity index (χ1) is 13.3. The van der Waals surface area contributed by atoms with Crippen LogP contribution in [0.1, 0.15) is 0 Å². The first-order valence-electron chi connectivity index (χ1n) is 8.49. The summed E-state index contributed by atoms with van der Waals surface area (Å²) < 4.78 is 0. The summed E-state index contributed by atoms with van der Waals surface area (Å²) in [5.74, 6) is -0.213. The van der Waals surface area contributed by atoms with Crippen molar-refractivity contribution in [2.75, 3.05) is 42.9 Å². The highest BCUT2D eigenvalue weighted by atomic mass is 35.5. The number of anilines is 2. The maximum absolute atomic E-state index is 12.3. The Kier molecular flexibility index (Phi) is 6.61. The normalized spacial score (nSPS) is 14.8. The molecule has 148 valence electrons. The molecule has 1 aliphatic rings. The molecule has 0 unspecified atom stereocenters. The van der Waals surface area contributed by atoms with Crippen LogP contribution in [-0.4, -0.2) is 48.5 Å². The third kappa shape index (κ3) is 5.05. The molecule has 0 radical (unpaired) electrons. The number of nitro benzene ring substituents is 1. The fraction of sp³-hybridized carbons (Fsp3) is 0.278. The number of nitrogens with one attached hydrogen (secondary N) is 1. The summed E-state index contributed by atoms with van der Waals surface area (Å²) in [5.41, 5.74) is 1.34. The van der Waals surface area contributed by atoms with E-state index in [2.05, 4.69) is 10.2 Å². The van der Waals surface area contributed by atoms with E-state index in [0.29, 0.717) is 36.9 Å². The second-order valence-corrected chi connectivity index (χ2v) is 7.58. The molecule has 1 heterocycles. The number of nitrogens with zero attached hydrogens (tertiary/aromatic N) is 3. The average molecular weight is 444 g/mol. The van der Waals surface area contributed by atoms with E-state index in [-0.39, 0.29) is 28.2 Å². The van der Waals surface area contributed by atoms with Crippen molar-refractivity contribution in [3.63, 3.8) is 0 Å². The first-order valence-corrected chi connectivity index (χ1v) is 9.63. The van der Waals surface area contributed by atoms with Gasteiger partial charge in [-0.15, -0.1) is 0 Å². The van der Waals surface area contributed by atoms with E-state index in [0.717, 1.165) is 5.69 Å². The third-order valence-corrected chi connectivity index (χ3v) is 5.25. The van der Waals surface area contributed by atoms with Crippen LogP contribution in [0.4, 0.5) is 17.1 Å². The molecule has 3 rings (SSSR count). The van der Waals surface area contributed by atoms with Crippen molar-refractivity contribution in [1.29, 1.82) is 0 Å². The minimum Gasteiger partial charge on any atom is -0.369 e. The lowest BCUT2D eigenvalue weighted by Gasteiger charge is -2.35. The molecular formula is C18H17Cl3N4O3. The molecule has 28 heavy (non-hydrogen) atoms. The molecule has 0 aliphatic carbocycles. The topological polar surface area (TPSA) is 78.7 Å². The number of halogens is 3. The number of carbonyl (C=O) groups excluding carboxylic acids is 1. The molecule has 0 spiro atoms. The molecule has 1 N–H and O–H groups in total. The minimum atomic E-state index is -0.417. The van der Waals surface area contributed by atoms with Crippen LogP contribution in [0.25, 0.3) is 0 Å². The Balaban J connectivity index is 1.53. The molecule has 10 heteroatoms. The van der Waals surface area contributed by atoms with Crippen LogP contribution in [0.5, 0.6) is 0 Å². The Labute approximate surface area is 176 Å². The highest BCUT2D eigenvalue weighted by Crippen LogP contribution is 2.33. The molecule has 1 amide bonds. The largest absolute Gasteiger partial charge is 0.369 e. The van der Waals surface area contributed by atoms with E-state index in [1.54, 1.807) is 12.1 Å². The van der Waals surface area contributed by atoms with Crippen LogP contribution in [0, 0.1) is 10.1 Å². The van der Waals surface area contributed by atoms with Gasteiger partial charge in [0.15, 0.2) is 0 Å². The number of rotatable bonds is 5. The summed E-state index contributed by atoms with van der Waals surface area (Å²) in [6.45, 7) is 3.02. The highest BCUT2D eigenvalue weighted by molar-refractivity contribution is 6.42. The Bertz CT molecular complexity index is 861. The fourth-order valence-electron chi connectivity index (χ4n) is 2.99. The van der Waals surface area contributed by atoms with Gasteiger partial charge in [-0.25, -0.2) is 0 Å². The standard InChI is InChI=1S/C18H17Cl3N4O3/c19-12-9-15(20)18(16(21)10-12)22-17(26)11-23-5-7-24(8-6-23)13-1-3-14(4-2-13)25(27)28/h1-4,9-10H,5-8,11H2,(H,22,26). The molecule has 0 bridgehead atoms. The number of non-ortho nitro benzene ring substituents is 1. The van der Waals surface area contributed by atoms with Gasteiger partial charge in [-0.2, -0.15) is 0 Å². The molecule has 2 aromatic carbocycles. The van der Waals surface area contributed by atoms with Crippen molar-refractivity contribution in [1.82, 2.24) is 4.90 Å². The van der Waals surface area contributed by atoms with Gasteiger partial charge < -0.3 is 10.2 Å². The molecular weight excluding hydrogens is 427 g/mol. The molecule has 2 aromatic rings. The van der Waals surface area contributed by atoms with Gasteiger partial charge in [0.05, 0.1) is 27.2 Å². The van der Waals surface area contributed by atoms with Crippen molar-refractivity contribution in [3.05, 3.63) is 61.6 Å². The lowest BCUT2D eigenvalue weighted by atomic mass is 10.2.